The van der Waals surface area contributed by atoms with Crippen LogP contribution in [-0.2, 0) is 14.3 Å². The summed E-state index contributed by atoms with van der Waals surface area (Å²) in [5.74, 6) is 0.131. The van der Waals surface area contributed by atoms with Crippen molar-refractivity contribution in [3.8, 4) is 23.0 Å². The van der Waals surface area contributed by atoms with Crippen LogP contribution in [0.4, 0.5) is 0 Å². The Balaban J connectivity index is 1.83. The third kappa shape index (κ3) is 5.88. The molecule has 2 fully saturated rings. The first kappa shape index (κ1) is 29.2. The number of benzene rings is 2. The van der Waals surface area contributed by atoms with E-state index in [1.165, 1.54) is 26.2 Å². The number of likely N-dealkylation sites (tertiary alicyclic amines) is 1. The molecule has 1 atom stereocenters. The van der Waals surface area contributed by atoms with Gasteiger partial charge in [-0.05, 0) is 62.2 Å². The van der Waals surface area contributed by atoms with Crippen LogP contribution >= 0.6 is 0 Å². The molecule has 0 spiro atoms. The highest BCUT2D eigenvalue weighted by molar-refractivity contribution is 6.46. The third-order valence-corrected chi connectivity index (χ3v) is 7.11. The molecule has 0 aliphatic carbocycles. The maximum absolute atomic E-state index is 13.5. The predicted octanol–water partition coefficient (Wildman–Crippen LogP) is 3.56. The maximum Gasteiger partial charge on any atom is 0.295 e. The zero-order chi connectivity index (χ0) is 29.0. The molecule has 2 aliphatic rings. The molecular formula is C30H38N2O8. The van der Waals surface area contributed by atoms with Gasteiger partial charge >= 0.3 is 0 Å². The van der Waals surface area contributed by atoms with Gasteiger partial charge in [0.25, 0.3) is 11.7 Å². The van der Waals surface area contributed by atoms with Gasteiger partial charge in [0, 0.05) is 31.7 Å². The molecule has 2 aromatic rings. The number of amides is 1. The Morgan fingerprint density at radius 2 is 1.62 bits per heavy atom. The number of nitrogens with zero attached hydrogens (tertiary/aromatic N) is 2. The van der Waals surface area contributed by atoms with Crippen molar-refractivity contribution in [3.63, 3.8) is 0 Å². The predicted molar refractivity (Wildman–Crippen MR) is 149 cm³/mol. The normalized spacial score (nSPS) is 19.3. The zero-order valence-electron chi connectivity index (χ0n) is 24.0. The molecule has 0 saturated carbocycles. The Kier molecular flexibility index (Phi) is 9.21. The van der Waals surface area contributed by atoms with Crippen molar-refractivity contribution in [2.45, 2.75) is 32.9 Å². The smallest absolute Gasteiger partial charge is 0.295 e. The minimum Gasteiger partial charge on any atom is -0.507 e. The van der Waals surface area contributed by atoms with Crippen molar-refractivity contribution < 1.29 is 38.4 Å². The molecule has 2 saturated heterocycles. The van der Waals surface area contributed by atoms with Gasteiger partial charge in [-0.15, -0.1) is 0 Å². The Bertz CT molecular complexity index is 1260. The lowest BCUT2D eigenvalue weighted by molar-refractivity contribution is -0.140. The first-order valence-corrected chi connectivity index (χ1v) is 13.4. The monoisotopic (exact) mass is 554 g/mol. The van der Waals surface area contributed by atoms with E-state index in [4.69, 9.17) is 23.7 Å². The van der Waals surface area contributed by atoms with Crippen LogP contribution in [0, 0.1) is 6.92 Å². The summed E-state index contributed by atoms with van der Waals surface area (Å²) in [6.45, 7) is 9.28. The number of ether oxygens (including phenoxy) is 5. The topological polar surface area (TPSA) is 107 Å². The Hall–Kier alpha value is -3.76. The van der Waals surface area contributed by atoms with E-state index in [1.807, 2.05) is 20.8 Å². The van der Waals surface area contributed by atoms with E-state index in [-0.39, 0.29) is 24.0 Å². The summed E-state index contributed by atoms with van der Waals surface area (Å²) in [6.07, 6.45) is -0.0185. The summed E-state index contributed by atoms with van der Waals surface area (Å²) in [5, 5.41) is 11.6. The second-order valence-electron chi connectivity index (χ2n) is 10.1. The van der Waals surface area contributed by atoms with E-state index in [0.29, 0.717) is 53.9 Å². The Morgan fingerprint density at radius 1 is 0.975 bits per heavy atom. The summed E-state index contributed by atoms with van der Waals surface area (Å²) in [5.41, 5.74) is 1.76. The highest BCUT2D eigenvalue weighted by Gasteiger charge is 2.46. The molecule has 10 nitrogen and oxygen atoms in total. The molecule has 216 valence electrons. The van der Waals surface area contributed by atoms with E-state index in [2.05, 4.69) is 4.90 Å². The van der Waals surface area contributed by atoms with Crippen LogP contribution in [-0.4, -0.2) is 93.4 Å². The number of ketones is 1. The summed E-state index contributed by atoms with van der Waals surface area (Å²) in [6, 6.07) is 7.73. The van der Waals surface area contributed by atoms with Gasteiger partial charge < -0.3 is 33.7 Å². The van der Waals surface area contributed by atoms with Crippen molar-refractivity contribution in [1.29, 1.82) is 0 Å². The largest absolute Gasteiger partial charge is 0.507 e. The highest BCUT2D eigenvalue weighted by Crippen LogP contribution is 2.45. The fourth-order valence-corrected chi connectivity index (χ4v) is 5.13. The summed E-state index contributed by atoms with van der Waals surface area (Å²) in [4.78, 5) is 30.7. The van der Waals surface area contributed by atoms with Crippen LogP contribution in [0.15, 0.2) is 35.9 Å². The summed E-state index contributed by atoms with van der Waals surface area (Å²) < 4.78 is 27.9. The van der Waals surface area contributed by atoms with Crippen molar-refractivity contribution in [2.24, 2.45) is 0 Å². The van der Waals surface area contributed by atoms with Gasteiger partial charge in [-0.1, -0.05) is 0 Å². The number of carbonyl (C=O) groups is 2. The van der Waals surface area contributed by atoms with Crippen molar-refractivity contribution in [2.75, 3.05) is 60.7 Å². The lowest BCUT2D eigenvalue weighted by atomic mass is 9.94. The van der Waals surface area contributed by atoms with Crippen LogP contribution in [0.2, 0.25) is 0 Å². The molecule has 0 bridgehead atoms. The molecule has 0 radical (unpaired) electrons. The molecule has 2 heterocycles. The number of morpholine rings is 1. The number of aryl methyl sites for hydroxylation is 1. The van der Waals surface area contributed by atoms with Crippen LogP contribution in [0.25, 0.3) is 5.76 Å². The van der Waals surface area contributed by atoms with E-state index < -0.39 is 17.7 Å². The number of aliphatic hydroxyl groups excluding tert-OH is 1. The van der Waals surface area contributed by atoms with Crippen LogP contribution < -0.4 is 18.9 Å². The molecule has 2 aromatic carbocycles. The standard InChI is InChI=1S/C30H38N2O8/c1-18(2)40-22-8-7-20(15-19(22)3)27(33)25-26(21-16-23(36-4)29(38-6)24(17-21)37-5)32(30(35)28(25)34)10-9-31-11-13-39-14-12-31/h7-8,15-18,26,33H,9-14H2,1-6H3/b27-25+/t26-/m0/s1. The number of aliphatic hydroxyl groups is 1. The fraction of sp³-hybridized carbons (Fsp3) is 0.467. The quantitative estimate of drug-likeness (QED) is 0.268. The second kappa shape index (κ2) is 12.6. The molecule has 0 unspecified atom stereocenters. The summed E-state index contributed by atoms with van der Waals surface area (Å²) in [7, 11) is 4.50. The molecule has 2 aliphatic heterocycles. The van der Waals surface area contributed by atoms with Gasteiger partial charge in [-0.3, -0.25) is 14.5 Å². The van der Waals surface area contributed by atoms with E-state index in [0.717, 1.165) is 18.7 Å². The van der Waals surface area contributed by atoms with Gasteiger partial charge in [-0.2, -0.15) is 0 Å². The number of rotatable bonds is 10. The number of Topliss-reactive ketones (excluding diaryl/α,β-unsaturated/α-hetero) is 1. The minimum atomic E-state index is -0.873. The minimum absolute atomic E-state index is 0.00169. The molecule has 1 N–H and O–H groups in total. The molecule has 4 rings (SSSR count). The first-order valence-electron chi connectivity index (χ1n) is 13.4. The van der Waals surface area contributed by atoms with Crippen LogP contribution in [0.1, 0.15) is 36.6 Å². The van der Waals surface area contributed by atoms with Crippen molar-refractivity contribution >= 4 is 17.4 Å². The Morgan fingerprint density at radius 3 is 2.17 bits per heavy atom. The second-order valence-corrected chi connectivity index (χ2v) is 10.1. The SMILES string of the molecule is COc1cc([C@H]2/C(=C(\O)c3ccc(OC(C)C)c(C)c3)C(=O)C(=O)N2CCN2CCOCC2)cc(OC)c1OC. The van der Waals surface area contributed by atoms with Crippen molar-refractivity contribution in [3.05, 3.63) is 52.6 Å². The van der Waals surface area contributed by atoms with Crippen molar-refractivity contribution in [1.82, 2.24) is 9.80 Å². The zero-order valence-corrected chi connectivity index (χ0v) is 24.0. The van der Waals surface area contributed by atoms with Gasteiger partial charge in [0.2, 0.25) is 5.75 Å². The van der Waals surface area contributed by atoms with E-state index in [1.54, 1.807) is 30.3 Å². The molecule has 10 heteroatoms. The van der Waals surface area contributed by atoms with Crippen LogP contribution in [0.3, 0.4) is 0 Å². The van der Waals surface area contributed by atoms with E-state index in [9.17, 15) is 14.7 Å². The van der Waals surface area contributed by atoms with Gasteiger partial charge in [-0.25, -0.2) is 0 Å². The first-order chi connectivity index (χ1) is 19.2. The van der Waals surface area contributed by atoms with Gasteiger partial charge in [0.1, 0.15) is 11.5 Å². The fourth-order valence-electron chi connectivity index (χ4n) is 5.13. The van der Waals surface area contributed by atoms with Crippen LogP contribution in [0.5, 0.6) is 23.0 Å². The lowest BCUT2D eigenvalue weighted by Gasteiger charge is -2.31. The lowest BCUT2D eigenvalue weighted by Crippen LogP contribution is -2.42. The number of methoxy groups -OCH3 is 3. The maximum atomic E-state index is 13.5. The number of carbonyl (C=O) groups excluding carboxylic acids is 2. The molecule has 40 heavy (non-hydrogen) atoms. The van der Waals surface area contributed by atoms with E-state index >= 15 is 0 Å². The molecule has 0 aromatic heterocycles. The third-order valence-electron chi connectivity index (χ3n) is 7.11. The average molecular weight is 555 g/mol. The average Bonchev–Trinajstić information content (AvgIpc) is 3.21. The summed E-state index contributed by atoms with van der Waals surface area (Å²) >= 11 is 0. The molecule has 1 amide bonds. The van der Waals surface area contributed by atoms with Gasteiger partial charge in [0.05, 0.1) is 52.3 Å². The molecular weight excluding hydrogens is 516 g/mol. The Labute approximate surface area is 235 Å². The number of hydrogen-bond acceptors (Lipinski definition) is 9. The van der Waals surface area contributed by atoms with Gasteiger partial charge in [0.15, 0.2) is 11.5 Å². The highest BCUT2D eigenvalue weighted by atomic mass is 16.5. The number of hydrogen-bond donors (Lipinski definition) is 1.